The number of ether oxygens (including phenoxy) is 1. The van der Waals surface area contributed by atoms with Crippen LogP contribution in [-0.4, -0.2) is 109 Å². The van der Waals surface area contributed by atoms with Gasteiger partial charge in [-0.1, -0.05) is 18.7 Å². The van der Waals surface area contributed by atoms with Crippen molar-refractivity contribution in [2.45, 2.75) is 37.6 Å². The number of carbonyl (C=O) groups excluding carboxylic acids is 2. The number of hydrogen-bond acceptors (Lipinski definition) is 10. The van der Waals surface area contributed by atoms with Crippen molar-refractivity contribution in [1.82, 2.24) is 19.2 Å². The summed E-state index contributed by atoms with van der Waals surface area (Å²) in [4.78, 5) is 48.0. The maximum atomic E-state index is 13.6. The second-order valence-corrected chi connectivity index (χ2v) is 14.4. The quantitative estimate of drug-likeness (QED) is 0.0761. The maximum Gasteiger partial charge on any atom is 0.355 e. The van der Waals surface area contributed by atoms with Crippen LogP contribution >= 0.6 is 23.1 Å². The summed E-state index contributed by atoms with van der Waals surface area (Å²) in [5.74, 6) is -0.731. The van der Waals surface area contributed by atoms with Crippen molar-refractivity contribution in [3.8, 4) is 0 Å². The molecule has 1 aromatic carbocycles. The van der Waals surface area contributed by atoms with Gasteiger partial charge in [0, 0.05) is 55.2 Å². The first-order valence-electron chi connectivity index (χ1n) is 15.0. The molecular formula is C30H35BrN6O6S2. The fourth-order valence-electron chi connectivity index (χ4n) is 7.22. The van der Waals surface area contributed by atoms with Gasteiger partial charge < -0.3 is 36.2 Å². The number of esters is 1. The van der Waals surface area contributed by atoms with Crippen molar-refractivity contribution < 1.29 is 45.8 Å². The van der Waals surface area contributed by atoms with E-state index in [-0.39, 0.29) is 52.8 Å². The van der Waals surface area contributed by atoms with Crippen LogP contribution in [0.4, 0.5) is 5.69 Å². The highest BCUT2D eigenvalue weighted by Gasteiger charge is 2.60. The van der Waals surface area contributed by atoms with Crippen LogP contribution in [0.15, 0.2) is 47.5 Å². The van der Waals surface area contributed by atoms with Crippen LogP contribution in [0.3, 0.4) is 0 Å². The summed E-state index contributed by atoms with van der Waals surface area (Å²) < 4.78 is 8.86. The molecule has 2 aromatic heterocycles. The SMILES string of the molecule is C[C@@H](O)[C@H]1C(=O)N2C(C(=O)OCc3ccc([N+](=O)[O-])cc3)=C(c3cn4cnc(SCC[N+]56CCN(CC5)CC6)c4s3)[C@H](C)[C@H]12.[Br-]. The molecule has 0 saturated carbocycles. The molecule has 1 amide bonds. The number of quaternary nitrogens is 1. The molecule has 2 bridgehead atoms. The van der Waals surface area contributed by atoms with E-state index in [9.17, 15) is 24.8 Å². The van der Waals surface area contributed by atoms with Gasteiger partial charge in [0.15, 0.2) is 0 Å². The van der Waals surface area contributed by atoms with Gasteiger partial charge in [-0.2, -0.15) is 0 Å². The zero-order valence-corrected chi connectivity index (χ0v) is 28.2. The van der Waals surface area contributed by atoms with Crippen LogP contribution in [0.2, 0.25) is 0 Å². The number of rotatable bonds is 10. The third-order valence-corrected chi connectivity index (χ3v) is 12.0. The monoisotopic (exact) mass is 718 g/mol. The molecule has 0 aliphatic carbocycles. The number of nitro groups is 1. The minimum Gasteiger partial charge on any atom is -1.00 e. The molecule has 8 rings (SSSR count). The first-order chi connectivity index (χ1) is 21.2. The average Bonchev–Trinajstić information content (AvgIpc) is 3.67. The standard InChI is InChI=1S/C30H35N6O6S2.BrH/c1-18-23(22-15-33-17-31-27(29(33)44-22)43-14-13-36-10-7-32(8-11-36)9-12-36)26(34-25(18)24(19(2)37)28(34)38)30(39)42-16-20-3-5-21(6-4-20)35(40)41;/h3-6,15,17-19,24-25,37H,7-14,16H2,1-2H3;1H/q+1;/p-1/t18-,19+,24+,25+;/m0./s1. The highest BCUT2D eigenvalue weighted by Crippen LogP contribution is 2.52. The van der Waals surface area contributed by atoms with Crippen LogP contribution in [0, 0.1) is 22.0 Å². The summed E-state index contributed by atoms with van der Waals surface area (Å²) in [5, 5.41) is 22.3. The van der Waals surface area contributed by atoms with Crippen LogP contribution in [0.25, 0.3) is 10.4 Å². The van der Waals surface area contributed by atoms with Crippen molar-refractivity contribution in [3.05, 3.63) is 63.0 Å². The van der Waals surface area contributed by atoms with E-state index in [1.54, 1.807) is 48.5 Å². The average molecular weight is 720 g/mol. The van der Waals surface area contributed by atoms with E-state index in [4.69, 9.17) is 4.74 Å². The Kier molecular flexibility index (Phi) is 8.86. The molecule has 4 fully saturated rings. The van der Waals surface area contributed by atoms with Crippen molar-refractivity contribution in [2.75, 3.05) is 51.6 Å². The summed E-state index contributed by atoms with van der Waals surface area (Å²) >= 11 is 3.32. The second-order valence-electron chi connectivity index (χ2n) is 12.3. The summed E-state index contributed by atoms with van der Waals surface area (Å²) in [7, 11) is 0. The van der Waals surface area contributed by atoms with E-state index < -0.39 is 22.9 Å². The van der Waals surface area contributed by atoms with Gasteiger partial charge >= 0.3 is 5.97 Å². The lowest BCUT2D eigenvalue weighted by Gasteiger charge is -2.50. The molecule has 1 N–H and O–H groups in total. The third-order valence-electron chi connectivity index (χ3n) is 9.80. The summed E-state index contributed by atoms with van der Waals surface area (Å²) in [6.45, 7) is 11.9. The number of aromatic nitrogens is 2. The Balaban J connectivity index is 0.00000357. The smallest absolute Gasteiger partial charge is 0.355 e. The molecule has 4 atom stereocenters. The van der Waals surface area contributed by atoms with Gasteiger partial charge in [0.2, 0.25) is 5.91 Å². The number of nitrogens with zero attached hydrogens (tertiary/aromatic N) is 6. The molecule has 15 heteroatoms. The van der Waals surface area contributed by atoms with Gasteiger partial charge in [0.05, 0.1) is 54.0 Å². The van der Waals surface area contributed by atoms with Crippen molar-refractivity contribution in [2.24, 2.45) is 11.8 Å². The Bertz CT molecular complexity index is 1650. The molecule has 0 radical (unpaired) electrons. The number of β-lactam (4-membered cyclic amide) rings is 1. The number of halogens is 1. The van der Waals surface area contributed by atoms with Crippen LogP contribution in [-0.2, 0) is 20.9 Å². The fraction of sp³-hybridized carbons (Fsp3) is 0.500. The van der Waals surface area contributed by atoms with E-state index >= 15 is 0 Å². The lowest BCUT2D eigenvalue weighted by Crippen LogP contribution is -3.00. The largest absolute Gasteiger partial charge is 1.00 e. The van der Waals surface area contributed by atoms with E-state index in [1.807, 2.05) is 17.5 Å². The number of benzene rings is 1. The fourth-order valence-corrected chi connectivity index (χ4v) is 9.66. The molecule has 7 heterocycles. The molecule has 3 aromatic rings. The lowest BCUT2D eigenvalue weighted by molar-refractivity contribution is -0.938. The van der Waals surface area contributed by atoms with E-state index in [0.29, 0.717) is 5.56 Å². The van der Waals surface area contributed by atoms with Crippen LogP contribution in [0.1, 0.15) is 24.3 Å². The Morgan fingerprint density at radius 3 is 2.58 bits per heavy atom. The number of nitro benzene ring substituents is 1. The molecule has 45 heavy (non-hydrogen) atoms. The number of non-ortho nitro benzene ring substituents is 1. The highest BCUT2D eigenvalue weighted by molar-refractivity contribution is 7.99. The second kappa shape index (κ2) is 12.4. The molecule has 4 saturated heterocycles. The van der Waals surface area contributed by atoms with E-state index in [0.717, 1.165) is 32.6 Å². The van der Waals surface area contributed by atoms with Crippen molar-refractivity contribution >= 4 is 51.1 Å². The summed E-state index contributed by atoms with van der Waals surface area (Å²) in [6.07, 6.45) is 2.92. The number of aliphatic hydroxyl groups excluding tert-OH is 1. The topological polar surface area (TPSA) is 131 Å². The number of hydrogen-bond donors (Lipinski definition) is 1. The maximum absolute atomic E-state index is 13.6. The minimum atomic E-state index is -0.844. The minimum absolute atomic E-state index is 0. The molecule has 0 spiro atoms. The normalized spacial score (nSPS) is 27.7. The van der Waals surface area contributed by atoms with Gasteiger partial charge in [-0.05, 0) is 24.6 Å². The first kappa shape index (κ1) is 32.1. The molecule has 240 valence electrons. The predicted octanol–water partition coefficient (Wildman–Crippen LogP) is -0.142. The summed E-state index contributed by atoms with van der Waals surface area (Å²) in [6, 6.07) is 5.48. The Morgan fingerprint density at radius 2 is 1.93 bits per heavy atom. The summed E-state index contributed by atoms with van der Waals surface area (Å²) in [5.41, 5.74) is 1.49. The number of amides is 1. The Labute approximate surface area is 279 Å². The van der Waals surface area contributed by atoms with Gasteiger partial charge in [0.25, 0.3) is 5.69 Å². The van der Waals surface area contributed by atoms with Gasteiger partial charge in [0.1, 0.15) is 28.5 Å². The Morgan fingerprint density at radius 1 is 1.24 bits per heavy atom. The predicted molar refractivity (Wildman–Crippen MR) is 165 cm³/mol. The third kappa shape index (κ3) is 5.61. The highest BCUT2D eigenvalue weighted by atomic mass is 79.9. The van der Waals surface area contributed by atoms with Crippen molar-refractivity contribution in [1.29, 1.82) is 0 Å². The lowest BCUT2D eigenvalue weighted by atomic mass is 9.77. The van der Waals surface area contributed by atoms with Crippen LogP contribution < -0.4 is 17.0 Å². The van der Waals surface area contributed by atoms with Gasteiger partial charge in [-0.3, -0.25) is 24.2 Å². The number of thiazole rings is 1. The van der Waals surface area contributed by atoms with Gasteiger partial charge in [-0.15, -0.1) is 11.3 Å². The Hall–Kier alpha value is -2.82. The molecule has 12 nitrogen and oxygen atoms in total. The number of imidazole rings is 1. The van der Waals surface area contributed by atoms with E-state index in [2.05, 4.69) is 9.88 Å². The number of fused-ring (bicyclic) bond motifs is 5. The number of thioether (sulfide) groups is 1. The van der Waals surface area contributed by atoms with Gasteiger partial charge in [-0.25, -0.2) is 9.78 Å². The number of piperazine rings is 3. The molecular weight excluding hydrogens is 684 g/mol. The number of aliphatic hydroxyl groups is 1. The first-order valence-corrected chi connectivity index (χ1v) is 16.8. The van der Waals surface area contributed by atoms with E-state index in [1.165, 1.54) is 60.8 Å². The molecule has 5 aliphatic heterocycles. The zero-order chi connectivity index (χ0) is 30.7. The number of carbonyl (C=O) groups is 2. The zero-order valence-electron chi connectivity index (χ0n) is 25.0. The molecule has 5 aliphatic rings. The van der Waals surface area contributed by atoms with Crippen LogP contribution in [0.5, 0.6) is 0 Å². The molecule has 0 unspecified atom stereocenters. The van der Waals surface area contributed by atoms with Crippen molar-refractivity contribution in [3.63, 3.8) is 0 Å².